The minimum atomic E-state index is -0.446. The van der Waals surface area contributed by atoms with Crippen LogP contribution >= 0.6 is 0 Å². The summed E-state index contributed by atoms with van der Waals surface area (Å²) in [6.45, 7) is 1.98. The third-order valence-corrected chi connectivity index (χ3v) is 3.41. The lowest BCUT2D eigenvalue weighted by Crippen LogP contribution is -2.20. The van der Waals surface area contributed by atoms with Gasteiger partial charge in [0.05, 0.1) is 0 Å². The van der Waals surface area contributed by atoms with E-state index in [1.54, 1.807) is 12.1 Å². The molecule has 1 amide bonds. The zero-order chi connectivity index (χ0) is 14.7. The molecule has 0 saturated carbocycles. The van der Waals surface area contributed by atoms with Gasteiger partial charge in [0.1, 0.15) is 5.82 Å². The average Bonchev–Trinajstić information content (AvgIpc) is 3.02. The normalized spacial score (nSPS) is 14.2. The van der Waals surface area contributed by atoms with E-state index in [1.807, 2.05) is 6.07 Å². The predicted octanol–water partition coefficient (Wildman–Crippen LogP) is 2.47. The summed E-state index contributed by atoms with van der Waals surface area (Å²) in [5.74, 6) is 0.319. The molecule has 0 unspecified atom stereocenters. The summed E-state index contributed by atoms with van der Waals surface area (Å²) in [6, 6.07) is 9.05. The second-order valence-corrected chi connectivity index (χ2v) is 4.94. The van der Waals surface area contributed by atoms with Crippen molar-refractivity contribution in [1.29, 1.82) is 0 Å². The van der Waals surface area contributed by atoms with Crippen molar-refractivity contribution in [2.24, 2.45) is 0 Å². The summed E-state index contributed by atoms with van der Waals surface area (Å²) in [5.41, 5.74) is 0.250. The van der Waals surface area contributed by atoms with E-state index in [9.17, 15) is 9.18 Å². The number of aromatic nitrogens is 2. The van der Waals surface area contributed by atoms with Crippen molar-refractivity contribution in [3.63, 3.8) is 0 Å². The molecule has 1 aromatic carbocycles. The fourth-order valence-electron chi connectivity index (χ4n) is 2.32. The first-order valence-electron chi connectivity index (χ1n) is 6.88. The molecule has 1 N–H and O–H groups in total. The molecule has 1 fully saturated rings. The van der Waals surface area contributed by atoms with Gasteiger partial charge in [-0.1, -0.05) is 6.07 Å². The Morgan fingerprint density at radius 1 is 1.14 bits per heavy atom. The van der Waals surface area contributed by atoms with Crippen LogP contribution in [0.4, 0.5) is 16.0 Å². The summed E-state index contributed by atoms with van der Waals surface area (Å²) in [7, 11) is 0. The SMILES string of the molecule is O=C(Nc1ccc(N2CCCC2)nn1)c1cccc(F)c1. The third kappa shape index (κ3) is 3.16. The molecular formula is C15H15FN4O. The van der Waals surface area contributed by atoms with Crippen molar-refractivity contribution in [3.8, 4) is 0 Å². The number of nitrogens with one attached hydrogen (secondary N) is 1. The van der Waals surface area contributed by atoms with Crippen molar-refractivity contribution in [2.75, 3.05) is 23.3 Å². The largest absolute Gasteiger partial charge is 0.355 e. The lowest BCUT2D eigenvalue weighted by Gasteiger charge is -2.15. The Balaban J connectivity index is 1.68. The van der Waals surface area contributed by atoms with Gasteiger partial charge in [-0.2, -0.15) is 0 Å². The third-order valence-electron chi connectivity index (χ3n) is 3.41. The van der Waals surface area contributed by atoms with Gasteiger partial charge in [0.2, 0.25) is 0 Å². The van der Waals surface area contributed by atoms with E-state index in [2.05, 4.69) is 20.4 Å². The zero-order valence-corrected chi connectivity index (χ0v) is 11.4. The van der Waals surface area contributed by atoms with Crippen molar-refractivity contribution in [1.82, 2.24) is 10.2 Å². The minimum absolute atomic E-state index is 0.250. The Bertz CT molecular complexity index is 638. The van der Waals surface area contributed by atoms with Gasteiger partial charge in [-0.25, -0.2) is 4.39 Å². The maximum Gasteiger partial charge on any atom is 0.256 e. The van der Waals surface area contributed by atoms with Crippen molar-refractivity contribution < 1.29 is 9.18 Å². The van der Waals surface area contributed by atoms with Gasteiger partial charge in [-0.05, 0) is 43.2 Å². The molecule has 0 bridgehead atoms. The van der Waals surface area contributed by atoms with Crippen molar-refractivity contribution >= 4 is 17.5 Å². The number of carbonyl (C=O) groups excluding carboxylic acids is 1. The average molecular weight is 286 g/mol. The smallest absolute Gasteiger partial charge is 0.256 e. The maximum atomic E-state index is 13.1. The fraction of sp³-hybridized carbons (Fsp3) is 0.267. The number of nitrogens with zero attached hydrogens (tertiary/aromatic N) is 3. The first kappa shape index (κ1) is 13.5. The highest BCUT2D eigenvalue weighted by molar-refractivity contribution is 6.03. The van der Waals surface area contributed by atoms with Crippen LogP contribution in [-0.4, -0.2) is 29.2 Å². The maximum absolute atomic E-state index is 13.1. The Morgan fingerprint density at radius 2 is 1.95 bits per heavy atom. The van der Waals surface area contributed by atoms with Crippen LogP contribution in [0.25, 0.3) is 0 Å². The Hall–Kier alpha value is -2.50. The van der Waals surface area contributed by atoms with Crippen LogP contribution in [0.3, 0.4) is 0 Å². The highest BCUT2D eigenvalue weighted by atomic mass is 19.1. The molecule has 0 atom stereocenters. The van der Waals surface area contributed by atoms with E-state index in [0.717, 1.165) is 18.9 Å². The first-order chi connectivity index (χ1) is 10.2. The fourth-order valence-corrected chi connectivity index (χ4v) is 2.32. The summed E-state index contributed by atoms with van der Waals surface area (Å²) in [6.07, 6.45) is 2.33. The molecule has 0 aliphatic carbocycles. The number of rotatable bonds is 3. The van der Waals surface area contributed by atoms with E-state index in [-0.39, 0.29) is 5.56 Å². The molecule has 0 radical (unpaired) electrons. The van der Waals surface area contributed by atoms with Gasteiger partial charge in [-0.15, -0.1) is 10.2 Å². The number of hydrogen-bond donors (Lipinski definition) is 1. The monoisotopic (exact) mass is 286 g/mol. The molecule has 1 aliphatic rings. The Kier molecular flexibility index (Phi) is 3.77. The number of anilines is 2. The molecule has 108 valence electrons. The van der Waals surface area contributed by atoms with Gasteiger partial charge in [-0.3, -0.25) is 4.79 Å². The molecule has 1 aromatic heterocycles. The van der Waals surface area contributed by atoms with Gasteiger partial charge in [0, 0.05) is 18.7 Å². The van der Waals surface area contributed by atoms with Gasteiger partial charge < -0.3 is 10.2 Å². The summed E-state index contributed by atoms with van der Waals surface area (Å²) in [5, 5.41) is 10.7. The van der Waals surface area contributed by atoms with Crippen LogP contribution in [-0.2, 0) is 0 Å². The molecule has 2 heterocycles. The van der Waals surface area contributed by atoms with E-state index < -0.39 is 11.7 Å². The number of amides is 1. The van der Waals surface area contributed by atoms with Crippen LogP contribution < -0.4 is 10.2 Å². The molecular weight excluding hydrogens is 271 g/mol. The molecule has 3 rings (SSSR count). The number of hydrogen-bond acceptors (Lipinski definition) is 4. The molecule has 1 saturated heterocycles. The highest BCUT2D eigenvalue weighted by Gasteiger charge is 2.14. The van der Waals surface area contributed by atoms with Crippen molar-refractivity contribution in [3.05, 3.63) is 47.8 Å². The molecule has 5 nitrogen and oxygen atoms in total. The molecule has 21 heavy (non-hydrogen) atoms. The summed E-state index contributed by atoms with van der Waals surface area (Å²) in [4.78, 5) is 14.1. The van der Waals surface area contributed by atoms with Crippen LogP contribution in [0.5, 0.6) is 0 Å². The number of benzene rings is 1. The molecule has 1 aliphatic heterocycles. The second-order valence-electron chi connectivity index (χ2n) is 4.94. The van der Waals surface area contributed by atoms with Gasteiger partial charge in [0.15, 0.2) is 11.6 Å². The van der Waals surface area contributed by atoms with Gasteiger partial charge >= 0.3 is 0 Å². The number of carbonyl (C=O) groups is 1. The topological polar surface area (TPSA) is 58.1 Å². The predicted molar refractivity (Wildman–Crippen MR) is 77.8 cm³/mol. The standard InChI is InChI=1S/C15H15FN4O/c16-12-5-3-4-11(10-12)15(21)17-13-6-7-14(19-18-13)20-8-1-2-9-20/h3-7,10H,1-2,8-9H2,(H,17,18,21). The second kappa shape index (κ2) is 5.87. The summed E-state index contributed by atoms with van der Waals surface area (Å²) < 4.78 is 13.1. The highest BCUT2D eigenvalue weighted by Crippen LogP contribution is 2.17. The number of halogens is 1. The Morgan fingerprint density at radius 3 is 2.62 bits per heavy atom. The molecule has 2 aromatic rings. The Labute approximate surface area is 121 Å². The summed E-state index contributed by atoms with van der Waals surface area (Å²) >= 11 is 0. The van der Waals surface area contributed by atoms with Crippen molar-refractivity contribution in [2.45, 2.75) is 12.8 Å². The van der Waals surface area contributed by atoms with E-state index in [0.29, 0.717) is 5.82 Å². The van der Waals surface area contributed by atoms with E-state index >= 15 is 0 Å². The zero-order valence-electron chi connectivity index (χ0n) is 11.4. The van der Waals surface area contributed by atoms with Crippen LogP contribution in [0.1, 0.15) is 23.2 Å². The quantitative estimate of drug-likeness (QED) is 0.941. The van der Waals surface area contributed by atoms with E-state index in [1.165, 1.54) is 31.0 Å². The lowest BCUT2D eigenvalue weighted by atomic mass is 10.2. The molecule has 0 spiro atoms. The minimum Gasteiger partial charge on any atom is -0.355 e. The molecule has 6 heteroatoms. The van der Waals surface area contributed by atoms with E-state index in [4.69, 9.17) is 0 Å². The van der Waals surface area contributed by atoms with Crippen LogP contribution in [0.2, 0.25) is 0 Å². The first-order valence-corrected chi connectivity index (χ1v) is 6.88. The van der Waals surface area contributed by atoms with Gasteiger partial charge in [0.25, 0.3) is 5.91 Å². The lowest BCUT2D eigenvalue weighted by molar-refractivity contribution is 0.102. The van der Waals surface area contributed by atoms with Crippen LogP contribution in [0, 0.1) is 5.82 Å². The van der Waals surface area contributed by atoms with Crippen LogP contribution in [0.15, 0.2) is 36.4 Å².